The van der Waals surface area contributed by atoms with Crippen molar-refractivity contribution >= 4 is 11.5 Å². The Bertz CT molecular complexity index is 865. The summed E-state index contributed by atoms with van der Waals surface area (Å²) in [5.74, 6) is -0.0173. The number of nitrogens with one attached hydrogen (secondary N) is 1. The Morgan fingerprint density at radius 3 is 2.93 bits per heavy atom. The molecular weight excluding hydrogens is 332 g/mol. The second kappa shape index (κ2) is 8.81. The zero-order chi connectivity index (χ0) is 19.2. The molecule has 0 fully saturated rings. The first-order valence-electron chi connectivity index (χ1n) is 9.70. The van der Waals surface area contributed by atoms with Gasteiger partial charge in [-0.15, -0.1) is 0 Å². The van der Waals surface area contributed by atoms with E-state index in [0.29, 0.717) is 0 Å². The number of carbonyl (C=O) groups excluding carboxylic acids is 1. The Balaban J connectivity index is 1.47. The number of benzene rings is 1. The third-order valence-electron chi connectivity index (χ3n) is 5.18. The standard InChI is InChI=1S/C24H28N2O/c1-17-9-11-23-19(3)21(15-22(23)14-17)10-12-24(27)26-18(2)6-4-7-20-8-5-13-25-16-20/h5,8-14,16,18H,4,6-7,15H2,1-3H3,(H,26,27)/t18-/m1/s1. The maximum atomic E-state index is 12.2. The average molecular weight is 361 g/mol. The molecule has 0 radical (unpaired) electrons. The molecule has 1 aliphatic carbocycles. The summed E-state index contributed by atoms with van der Waals surface area (Å²) >= 11 is 0. The number of aromatic nitrogens is 1. The van der Waals surface area contributed by atoms with Crippen molar-refractivity contribution in [2.45, 2.75) is 52.5 Å². The molecule has 27 heavy (non-hydrogen) atoms. The molecule has 1 amide bonds. The Morgan fingerprint density at radius 1 is 1.30 bits per heavy atom. The number of allylic oxidation sites excluding steroid dienone is 3. The molecular formula is C24H28N2O. The van der Waals surface area contributed by atoms with E-state index in [1.165, 1.54) is 33.4 Å². The number of amides is 1. The van der Waals surface area contributed by atoms with Crippen LogP contribution in [0, 0.1) is 6.92 Å². The quantitative estimate of drug-likeness (QED) is 0.721. The number of fused-ring (bicyclic) bond motifs is 1. The van der Waals surface area contributed by atoms with Crippen LogP contribution in [0.15, 0.2) is 60.5 Å². The lowest BCUT2D eigenvalue weighted by Crippen LogP contribution is -2.31. The molecule has 1 heterocycles. The summed E-state index contributed by atoms with van der Waals surface area (Å²) in [6.07, 6.45) is 11.2. The summed E-state index contributed by atoms with van der Waals surface area (Å²) in [5, 5.41) is 3.07. The van der Waals surface area contributed by atoms with Crippen LogP contribution >= 0.6 is 0 Å². The zero-order valence-corrected chi connectivity index (χ0v) is 16.5. The maximum absolute atomic E-state index is 12.2. The molecule has 1 N–H and O–H groups in total. The Kier molecular flexibility index (Phi) is 6.23. The summed E-state index contributed by atoms with van der Waals surface area (Å²) < 4.78 is 0. The summed E-state index contributed by atoms with van der Waals surface area (Å²) in [7, 11) is 0. The molecule has 140 valence electrons. The normalized spacial score (nSPS) is 14.5. The third-order valence-corrected chi connectivity index (χ3v) is 5.18. The molecule has 0 bridgehead atoms. The highest BCUT2D eigenvalue weighted by molar-refractivity contribution is 5.89. The van der Waals surface area contributed by atoms with Crippen molar-refractivity contribution in [2.75, 3.05) is 0 Å². The van der Waals surface area contributed by atoms with Crippen molar-refractivity contribution in [1.82, 2.24) is 10.3 Å². The lowest BCUT2D eigenvalue weighted by Gasteiger charge is -2.12. The molecule has 1 aliphatic rings. The molecule has 1 atom stereocenters. The highest BCUT2D eigenvalue weighted by Crippen LogP contribution is 2.33. The Labute approximate surface area is 162 Å². The van der Waals surface area contributed by atoms with Gasteiger partial charge in [0, 0.05) is 24.5 Å². The number of hydrogen-bond donors (Lipinski definition) is 1. The van der Waals surface area contributed by atoms with Crippen molar-refractivity contribution in [1.29, 1.82) is 0 Å². The maximum Gasteiger partial charge on any atom is 0.244 e. The fourth-order valence-corrected chi connectivity index (χ4v) is 3.63. The van der Waals surface area contributed by atoms with Crippen molar-refractivity contribution in [3.63, 3.8) is 0 Å². The smallest absolute Gasteiger partial charge is 0.244 e. The van der Waals surface area contributed by atoms with Gasteiger partial charge in [-0.3, -0.25) is 9.78 Å². The zero-order valence-electron chi connectivity index (χ0n) is 16.5. The van der Waals surface area contributed by atoms with E-state index < -0.39 is 0 Å². The largest absolute Gasteiger partial charge is 0.350 e. The van der Waals surface area contributed by atoms with Gasteiger partial charge in [0.2, 0.25) is 5.91 Å². The van der Waals surface area contributed by atoms with Crippen LogP contribution in [0.25, 0.3) is 5.57 Å². The summed E-state index contributed by atoms with van der Waals surface area (Å²) in [5.41, 5.74) is 7.70. The minimum atomic E-state index is -0.0173. The van der Waals surface area contributed by atoms with Gasteiger partial charge in [0.1, 0.15) is 0 Å². The van der Waals surface area contributed by atoms with Crippen LogP contribution in [0.2, 0.25) is 0 Å². The second-order valence-corrected chi connectivity index (χ2v) is 7.48. The van der Waals surface area contributed by atoms with Gasteiger partial charge in [0.25, 0.3) is 0 Å². The van der Waals surface area contributed by atoms with Crippen LogP contribution < -0.4 is 5.32 Å². The Morgan fingerprint density at radius 2 is 2.15 bits per heavy atom. The van der Waals surface area contributed by atoms with Crippen LogP contribution in [0.5, 0.6) is 0 Å². The second-order valence-electron chi connectivity index (χ2n) is 7.48. The van der Waals surface area contributed by atoms with Crippen LogP contribution in [-0.2, 0) is 17.6 Å². The van der Waals surface area contributed by atoms with Crippen LogP contribution in [0.4, 0.5) is 0 Å². The van der Waals surface area contributed by atoms with Crippen molar-refractivity contribution in [2.24, 2.45) is 0 Å². The molecule has 3 nitrogen and oxygen atoms in total. The molecule has 1 aromatic carbocycles. The SMILES string of the molecule is CC1=C(C=CC(=O)N[C@H](C)CCCc2cccnc2)Cc2cc(C)ccc21. The van der Waals surface area contributed by atoms with Crippen LogP contribution in [0.3, 0.4) is 0 Å². The number of rotatable bonds is 7. The van der Waals surface area contributed by atoms with E-state index in [1.54, 1.807) is 12.3 Å². The number of hydrogen-bond acceptors (Lipinski definition) is 2. The number of pyridine rings is 1. The molecule has 0 saturated heterocycles. The fraction of sp³-hybridized carbons (Fsp3) is 0.333. The predicted octanol–water partition coefficient (Wildman–Crippen LogP) is 4.80. The van der Waals surface area contributed by atoms with Crippen LogP contribution in [0.1, 0.15) is 48.9 Å². The molecule has 3 heteroatoms. The first-order chi connectivity index (χ1) is 13.0. The first kappa shape index (κ1) is 19.1. The van der Waals surface area contributed by atoms with Gasteiger partial charge in [-0.25, -0.2) is 0 Å². The number of carbonyl (C=O) groups is 1. The monoisotopic (exact) mass is 360 g/mol. The van der Waals surface area contributed by atoms with Crippen molar-refractivity contribution in [3.05, 3.63) is 82.7 Å². The third kappa shape index (κ3) is 5.16. The van der Waals surface area contributed by atoms with Gasteiger partial charge >= 0.3 is 0 Å². The van der Waals surface area contributed by atoms with E-state index >= 15 is 0 Å². The molecule has 0 spiro atoms. The van der Waals surface area contributed by atoms with Crippen molar-refractivity contribution in [3.8, 4) is 0 Å². The fourth-order valence-electron chi connectivity index (χ4n) is 3.63. The molecule has 1 aromatic heterocycles. The molecule has 0 unspecified atom stereocenters. The van der Waals surface area contributed by atoms with E-state index in [0.717, 1.165) is 25.7 Å². The van der Waals surface area contributed by atoms with Gasteiger partial charge in [-0.1, -0.05) is 35.9 Å². The van der Waals surface area contributed by atoms with E-state index in [9.17, 15) is 4.79 Å². The van der Waals surface area contributed by atoms with Gasteiger partial charge in [0.05, 0.1) is 0 Å². The lowest BCUT2D eigenvalue weighted by atomic mass is 10.0. The van der Waals surface area contributed by atoms with Gasteiger partial charge < -0.3 is 5.32 Å². The van der Waals surface area contributed by atoms with E-state index in [2.05, 4.69) is 55.3 Å². The minimum absolute atomic E-state index is 0.0173. The average Bonchev–Trinajstić information content (AvgIpc) is 2.96. The van der Waals surface area contributed by atoms with Crippen LogP contribution in [-0.4, -0.2) is 16.9 Å². The van der Waals surface area contributed by atoms with Crippen molar-refractivity contribution < 1.29 is 4.79 Å². The topological polar surface area (TPSA) is 42.0 Å². The predicted molar refractivity (Wildman–Crippen MR) is 111 cm³/mol. The highest BCUT2D eigenvalue weighted by Gasteiger charge is 2.16. The van der Waals surface area contributed by atoms with Gasteiger partial charge in [-0.2, -0.15) is 0 Å². The van der Waals surface area contributed by atoms with Gasteiger partial charge in [-0.05, 0) is 80.4 Å². The van der Waals surface area contributed by atoms with Gasteiger partial charge in [0.15, 0.2) is 0 Å². The van der Waals surface area contributed by atoms with E-state index in [4.69, 9.17) is 0 Å². The first-order valence-corrected chi connectivity index (χ1v) is 9.70. The molecule has 0 saturated carbocycles. The highest BCUT2D eigenvalue weighted by atomic mass is 16.1. The lowest BCUT2D eigenvalue weighted by molar-refractivity contribution is -0.117. The molecule has 2 aromatic rings. The van der Waals surface area contributed by atoms with E-state index in [-0.39, 0.29) is 11.9 Å². The summed E-state index contributed by atoms with van der Waals surface area (Å²) in [6.45, 7) is 6.32. The van der Waals surface area contributed by atoms with E-state index in [1.807, 2.05) is 18.3 Å². The molecule has 3 rings (SSSR count). The summed E-state index contributed by atoms with van der Waals surface area (Å²) in [6, 6.07) is 10.8. The Hall–Kier alpha value is -2.68. The number of nitrogens with zero attached hydrogens (tertiary/aromatic N) is 1. The number of aryl methyl sites for hydroxylation is 2. The minimum Gasteiger partial charge on any atom is -0.350 e. The summed E-state index contributed by atoms with van der Waals surface area (Å²) in [4.78, 5) is 16.4. The molecule has 0 aliphatic heterocycles.